The molecule has 0 aliphatic heterocycles. The van der Waals surface area contributed by atoms with Gasteiger partial charge in [-0.1, -0.05) is 13.8 Å². The van der Waals surface area contributed by atoms with Crippen molar-refractivity contribution < 1.29 is 9.53 Å². The van der Waals surface area contributed by atoms with Crippen LogP contribution in [0.1, 0.15) is 26.7 Å². The first-order chi connectivity index (χ1) is 8.19. The lowest BCUT2D eigenvalue weighted by Crippen LogP contribution is -2.45. The number of hydrogen-bond donors (Lipinski definition) is 2. The van der Waals surface area contributed by atoms with E-state index in [0.29, 0.717) is 19.6 Å². The van der Waals surface area contributed by atoms with E-state index >= 15 is 0 Å². The van der Waals surface area contributed by atoms with E-state index < -0.39 is 0 Å². The lowest BCUT2D eigenvalue weighted by molar-refractivity contribution is -0.122. The van der Waals surface area contributed by atoms with Crippen LogP contribution in [0.5, 0.6) is 0 Å². The van der Waals surface area contributed by atoms with Crippen molar-refractivity contribution in [3.63, 3.8) is 0 Å². The minimum absolute atomic E-state index is 0.0816. The summed E-state index contributed by atoms with van der Waals surface area (Å²) < 4.78 is 5.06. The minimum atomic E-state index is 0.0816. The summed E-state index contributed by atoms with van der Waals surface area (Å²) in [4.78, 5) is 13.8. The molecular weight excluding hydrogens is 218 g/mol. The van der Waals surface area contributed by atoms with Gasteiger partial charge >= 0.3 is 0 Å². The first-order valence-electron chi connectivity index (χ1n) is 6.39. The van der Waals surface area contributed by atoms with Crippen LogP contribution in [0.25, 0.3) is 0 Å². The Morgan fingerprint density at radius 2 is 2.18 bits per heavy atom. The number of amides is 1. The highest BCUT2D eigenvalue weighted by molar-refractivity contribution is 5.76. The van der Waals surface area contributed by atoms with Crippen LogP contribution in [0.4, 0.5) is 0 Å². The molecule has 0 saturated heterocycles. The summed E-state index contributed by atoms with van der Waals surface area (Å²) in [5.74, 6) is 0.0816. The fourth-order valence-corrected chi connectivity index (χ4v) is 1.72. The molecule has 0 radical (unpaired) electrons. The number of methoxy groups -OCH3 is 1. The summed E-state index contributed by atoms with van der Waals surface area (Å²) in [5.41, 5.74) is 5.74. The highest BCUT2D eigenvalue weighted by Crippen LogP contribution is 2.03. The first kappa shape index (κ1) is 16.4. The van der Waals surface area contributed by atoms with Crippen LogP contribution in [-0.2, 0) is 9.53 Å². The number of hydrogen-bond acceptors (Lipinski definition) is 4. The van der Waals surface area contributed by atoms with Gasteiger partial charge in [0.05, 0.1) is 6.61 Å². The lowest BCUT2D eigenvalue weighted by atomic mass is 10.1. The Labute approximate surface area is 105 Å². The topological polar surface area (TPSA) is 67.6 Å². The number of carbonyl (C=O) groups is 1. The molecule has 0 bridgehead atoms. The zero-order chi connectivity index (χ0) is 13.1. The number of ether oxygens (including phenoxy) is 1. The Morgan fingerprint density at radius 3 is 2.65 bits per heavy atom. The van der Waals surface area contributed by atoms with Crippen LogP contribution in [0.3, 0.4) is 0 Å². The van der Waals surface area contributed by atoms with Crippen molar-refractivity contribution in [2.45, 2.75) is 32.7 Å². The van der Waals surface area contributed by atoms with E-state index in [-0.39, 0.29) is 11.9 Å². The Kier molecular flexibility index (Phi) is 10.1. The summed E-state index contributed by atoms with van der Waals surface area (Å²) >= 11 is 0. The number of nitrogens with one attached hydrogen (secondary N) is 1. The van der Waals surface area contributed by atoms with Gasteiger partial charge in [-0.3, -0.25) is 9.69 Å². The molecule has 3 N–H and O–H groups in total. The first-order valence-corrected chi connectivity index (χ1v) is 6.39. The van der Waals surface area contributed by atoms with Gasteiger partial charge in [0.15, 0.2) is 0 Å². The summed E-state index contributed by atoms with van der Waals surface area (Å²) in [6, 6.07) is 0.104. The number of carbonyl (C=O) groups excluding carboxylic acids is 1. The molecule has 0 aromatic heterocycles. The molecule has 102 valence electrons. The van der Waals surface area contributed by atoms with Crippen LogP contribution < -0.4 is 11.1 Å². The second-order valence-corrected chi connectivity index (χ2v) is 4.06. The molecule has 5 heteroatoms. The SMILES string of the molecule is CCCNC(=O)CC(CN)N(CC)CCOC. The van der Waals surface area contributed by atoms with E-state index in [1.165, 1.54) is 0 Å². The van der Waals surface area contributed by atoms with Crippen LogP contribution in [0.2, 0.25) is 0 Å². The van der Waals surface area contributed by atoms with Crippen molar-refractivity contribution in [1.82, 2.24) is 10.2 Å². The highest BCUT2D eigenvalue weighted by Gasteiger charge is 2.18. The third kappa shape index (κ3) is 7.31. The maximum atomic E-state index is 11.6. The average Bonchev–Trinajstić information content (AvgIpc) is 2.35. The number of likely N-dealkylation sites (N-methyl/N-ethyl adjacent to an activating group) is 1. The molecule has 5 nitrogen and oxygen atoms in total. The summed E-state index contributed by atoms with van der Waals surface area (Å²) in [7, 11) is 1.68. The van der Waals surface area contributed by atoms with Gasteiger partial charge in [-0.2, -0.15) is 0 Å². The van der Waals surface area contributed by atoms with Gasteiger partial charge in [-0.15, -0.1) is 0 Å². The van der Waals surface area contributed by atoms with Crippen LogP contribution in [0, 0.1) is 0 Å². The number of nitrogens with zero attached hydrogens (tertiary/aromatic N) is 1. The number of nitrogens with two attached hydrogens (primary N) is 1. The molecule has 1 amide bonds. The van der Waals surface area contributed by atoms with Gasteiger partial charge in [-0.25, -0.2) is 0 Å². The summed E-state index contributed by atoms with van der Waals surface area (Å²) in [5, 5.41) is 2.88. The largest absolute Gasteiger partial charge is 0.383 e. The van der Waals surface area contributed by atoms with Gasteiger partial charge in [0, 0.05) is 39.2 Å². The molecule has 17 heavy (non-hydrogen) atoms. The summed E-state index contributed by atoms with van der Waals surface area (Å²) in [6.45, 7) is 7.71. The summed E-state index contributed by atoms with van der Waals surface area (Å²) in [6.07, 6.45) is 1.42. The van der Waals surface area contributed by atoms with Gasteiger partial charge in [0.25, 0.3) is 0 Å². The smallest absolute Gasteiger partial charge is 0.221 e. The monoisotopic (exact) mass is 245 g/mol. The molecule has 0 aromatic carbocycles. The molecular formula is C12H27N3O2. The third-order valence-corrected chi connectivity index (χ3v) is 2.77. The van der Waals surface area contributed by atoms with E-state index in [0.717, 1.165) is 26.1 Å². The van der Waals surface area contributed by atoms with Crippen LogP contribution in [-0.4, -0.2) is 56.7 Å². The molecule has 1 unspecified atom stereocenters. The van der Waals surface area contributed by atoms with E-state index in [1.54, 1.807) is 7.11 Å². The molecule has 1 atom stereocenters. The van der Waals surface area contributed by atoms with E-state index in [1.807, 2.05) is 6.92 Å². The van der Waals surface area contributed by atoms with Gasteiger partial charge in [-0.05, 0) is 13.0 Å². The van der Waals surface area contributed by atoms with Crippen molar-refractivity contribution >= 4 is 5.91 Å². The van der Waals surface area contributed by atoms with Crippen molar-refractivity contribution in [1.29, 1.82) is 0 Å². The van der Waals surface area contributed by atoms with Crippen LogP contribution >= 0.6 is 0 Å². The Balaban J connectivity index is 4.12. The maximum Gasteiger partial charge on any atom is 0.221 e. The lowest BCUT2D eigenvalue weighted by Gasteiger charge is -2.29. The van der Waals surface area contributed by atoms with Crippen molar-refractivity contribution in [3.8, 4) is 0 Å². The Morgan fingerprint density at radius 1 is 1.47 bits per heavy atom. The zero-order valence-electron chi connectivity index (χ0n) is 11.4. The second-order valence-electron chi connectivity index (χ2n) is 4.06. The van der Waals surface area contributed by atoms with E-state index in [2.05, 4.69) is 17.1 Å². The Bertz CT molecular complexity index is 200. The minimum Gasteiger partial charge on any atom is -0.383 e. The van der Waals surface area contributed by atoms with E-state index in [4.69, 9.17) is 10.5 Å². The average molecular weight is 245 g/mol. The van der Waals surface area contributed by atoms with Gasteiger partial charge in [0.1, 0.15) is 0 Å². The van der Waals surface area contributed by atoms with Crippen LogP contribution in [0.15, 0.2) is 0 Å². The fraction of sp³-hybridized carbons (Fsp3) is 0.917. The van der Waals surface area contributed by atoms with Crippen molar-refractivity contribution in [3.05, 3.63) is 0 Å². The molecule has 0 aliphatic carbocycles. The molecule has 0 aromatic rings. The fourth-order valence-electron chi connectivity index (χ4n) is 1.72. The molecule has 0 rings (SSSR count). The molecule has 0 heterocycles. The third-order valence-electron chi connectivity index (χ3n) is 2.77. The quantitative estimate of drug-likeness (QED) is 0.577. The maximum absolute atomic E-state index is 11.6. The molecule has 0 spiro atoms. The van der Waals surface area contributed by atoms with Gasteiger partial charge in [0.2, 0.25) is 5.91 Å². The van der Waals surface area contributed by atoms with E-state index in [9.17, 15) is 4.79 Å². The zero-order valence-corrected chi connectivity index (χ0v) is 11.4. The van der Waals surface area contributed by atoms with Gasteiger partial charge < -0.3 is 15.8 Å². The molecule has 0 fully saturated rings. The number of rotatable bonds is 10. The second kappa shape index (κ2) is 10.5. The highest BCUT2D eigenvalue weighted by atomic mass is 16.5. The van der Waals surface area contributed by atoms with Crippen molar-refractivity contribution in [2.24, 2.45) is 5.73 Å². The normalized spacial score (nSPS) is 12.8. The molecule has 0 aliphatic rings. The Hall–Kier alpha value is -0.650. The predicted octanol–water partition coefficient (Wildman–Crippen LogP) is 0.198. The standard InChI is InChI=1S/C12H27N3O2/c1-4-6-14-12(16)9-11(10-13)15(5-2)7-8-17-3/h11H,4-10,13H2,1-3H3,(H,14,16). The molecule has 0 saturated carbocycles. The van der Waals surface area contributed by atoms with Crippen molar-refractivity contribution in [2.75, 3.05) is 39.9 Å². The predicted molar refractivity (Wildman–Crippen MR) is 69.9 cm³/mol.